The molecule has 0 amide bonds. The summed E-state index contributed by atoms with van der Waals surface area (Å²) in [6, 6.07) is 6.51. The molecule has 4 heteroatoms. The number of aliphatic hydroxyl groups excluding tert-OH is 1. The minimum absolute atomic E-state index is 0.116. The number of hydrogen-bond donors (Lipinski definition) is 1. The molecule has 1 atom stereocenters. The van der Waals surface area contributed by atoms with E-state index in [4.69, 9.17) is 0 Å². The van der Waals surface area contributed by atoms with Gasteiger partial charge in [0.1, 0.15) is 0 Å². The van der Waals surface area contributed by atoms with Crippen LogP contribution in [0.15, 0.2) is 22.7 Å². The van der Waals surface area contributed by atoms with Crippen LogP contribution in [0, 0.1) is 6.92 Å². The molecule has 106 valence electrons. The number of aryl methyl sites for hydroxylation is 1. The maximum Gasteiger partial charge on any atom is 0.0648 e. The smallest absolute Gasteiger partial charge is 0.0648 e. The van der Waals surface area contributed by atoms with Crippen LogP contribution in [0.3, 0.4) is 0 Å². The molecule has 1 fully saturated rings. The summed E-state index contributed by atoms with van der Waals surface area (Å²) in [5.41, 5.74) is 2.59. The molecule has 19 heavy (non-hydrogen) atoms. The lowest BCUT2D eigenvalue weighted by Crippen LogP contribution is -2.63. The Morgan fingerprint density at radius 1 is 1.42 bits per heavy atom. The van der Waals surface area contributed by atoms with Gasteiger partial charge in [-0.15, -0.1) is 0 Å². The molecule has 0 spiro atoms. The van der Waals surface area contributed by atoms with Gasteiger partial charge in [-0.05, 0) is 51.6 Å². The highest BCUT2D eigenvalue weighted by Gasteiger charge is 2.37. The fourth-order valence-corrected chi connectivity index (χ4v) is 3.18. The van der Waals surface area contributed by atoms with Crippen molar-refractivity contribution in [3.63, 3.8) is 0 Å². The molecule has 3 nitrogen and oxygen atoms in total. The number of anilines is 1. The van der Waals surface area contributed by atoms with Gasteiger partial charge in [-0.2, -0.15) is 0 Å². The van der Waals surface area contributed by atoms with Crippen LogP contribution < -0.4 is 4.90 Å². The van der Waals surface area contributed by atoms with Crippen molar-refractivity contribution in [3.05, 3.63) is 28.2 Å². The van der Waals surface area contributed by atoms with Gasteiger partial charge in [0.15, 0.2) is 0 Å². The lowest BCUT2D eigenvalue weighted by Gasteiger charge is -2.50. The van der Waals surface area contributed by atoms with E-state index in [1.807, 2.05) is 0 Å². The van der Waals surface area contributed by atoms with Crippen LogP contribution in [0.4, 0.5) is 5.69 Å². The maximum absolute atomic E-state index is 9.68. The molecule has 1 unspecified atom stereocenters. The summed E-state index contributed by atoms with van der Waals surface area (Å²) in [6.07, 6.45) is 0. The zero-order chi connectivity index (χ0) is 14.2. The summed E-state index contributed by atoms with van der Waals surface area (Å²) in [7, 11) is 2.13. The van der Waals surface area contributed by atoms with E-state index in [9.17, 15) is 5.11 Å². The van der Waals surface area contributed by atoms with E-state index >= 15 is 0 Å². The van der Waals surface area contributed by atoms with Gasteiger partial charge in [0.05, 0.1) is 12.6 Å². The number of aliphatic hydroxyl groups is 1. The molecule has 1 aliphatic rings. The molecule has 1 aromatic carbocycles. The van der Waals surface area contributed by atoms with E-state index in [2.05, 4.69) is 71.7 Å². The van der Waals surface area contributed by atoms with E-state index in [0.29, 0.717) is 0 Å². The number of benzene rings is 1. The normalized spacial score (nSPS) is 23.7. The predicted octanol–water partition coefficient (Wildman–Crippen LogP) is 2.65. The van der Waals surface area contributed by atoms with E-state index in [0.717, 1.165) is 17.6 Å². The van der Waals surface area contributed by atoms with E-state index in [-0.39, 0.29) is 18.2 Å². The number of halogens is 1. The molecule has 0 saturated carbocycles. The van der Waals surface area contributed by atoms with Crippen molar-refractivity contribution in [2.45, 2.75) is 32.4 Å². The number of nitrogens with zero attached hydrogens (tertiary/aromatic N) is 2. The summed E-state index contributed by atoms with van der Waals surface area (Å²) >= 11 is 3.51. The monoisotopic (exact) mass is 326 g/mol. The standard InChI is InChI=1S/C15H23BrN2O/c1-11-7-12(16)5-6-14(11)18-10-15(2,3)17(4)8-13(18)9-19/h5-7,13,19H,8-10H2,1-4H3. The largest absolute Gasteiger partial charge is 0.394 e. The van der Waals surface area contributed by atoms with Crippen molar-refractivity contribution < 1.29 is 5.11 Å². The molecule has 0 aliphatic carbocycles. The summed E-state index contributed by atoms with van der Waals surface area (Å²) in [4.78, 5) is 4.68. The van der Waals surface area contributed by atoms with Crippen LogP contribution in [0.2, 0.25) is 0 Å². The van der Waals surface area contributed by atoms with Gasteiger partial charge in [0.2, 0.25) is 0 Å². The van der Waals surface area contributed by atoms with Crippen LogP contribution in [0.5, 0.6) is 0 Å². The van der Waals surface area contributed by atoms with Crippen molar-refractivity contribution in [1.29, 1.82) is 0 Å². The quantitative estimate of drug-likeness (QED) is 0.905. The van der Waals surface area contributed by atoms with Crippen LogP contribution >= 0.6 is 15.9 Å². The molecule has 0 radical (unpaired) electrons. The predicted molar refractivity (Wildman–Crippen MR) is 83.8 cm³/mol. The van der Waals surface area contributed by atoms with Gasteiger partial charge in [-0.25, -0.2) is 0 Å². The van der Waals surface area contributed by atoms with E-state index in [1.165, 1.54) is 11.3 Å². The average Bonchev–Trinajstić information content (AvgIpc) is 2.32. The Balaban J connectivity index is 2.35. The summed E-state index contributed by atoms with van der Waals surface area (Å²) in [5, 5.41) is 9.68. The third-order valence-electron chi connectivity index (χ3n) is 4.20. The van der Waals surface area contributed by atoms with Gasteiger partial charge in [0, 0.05) is 28.8 Å². The first-order chi connectivity index (χ1) is 8.85. The minimum atomic E-state index is 0.116. The maximum atomic E-state index is 9.68. The molecular weight excluding hydrogens is 304 g/mol. The third-order valence-corrected chi connectivity index (χ3v) is 4.69. The highest BCUT2D eigenvalue weighted by Crippen LogP contribution is 2.31. The second kappa shape index (κ2) is 5.43. The number of rotatable bonds is 2. The molecule has 0 aromatic heterocycles. The van der Waals surface area contributed by atoms with E-state index < -0.39 is 0 Å². The molecule has 1 aromatic rings. The van der Waals surface area contributed by atoms with Gasteiger partial charge < -0.3 is 10.0 Å². The Hall–Kier alpha value is -0.580. The Kier molecular flexibility index (Phi) is 4.23. The van der Waals surface area contributed by atoms with Crippen LogP contribution in [-0.4, -0.2) is 48.3 Å². The summed E-state index contributed by atoms with van der Waals surface area (Å²) < 4.78 is 1.10. The van der Waals surface area contributed by atoms with E-state index in [1.54, 1.807) is 0 Å². The first kappa shape index (κ1) is 14.8. The van der Waals surface area contributed by atoms with Crippen LogP contribution in [-0.2, 0) is 0 Å². The second-order valence-electron chi connectivity index (χ2n) is 6.09. The fourth-order valence-electron chi connectivity index (χ4n) is 2.71. The minimum Gasteiger partial charge on any atom is -0.394 e. The topological polar surface area (TPSA) is 26.7 Å². The first-order valence-corrected chi connectivity index (χ1v) is 7.49. The van der Waals surface area contributed by atoms with Gasteiger partial charge in [0.25, 0.3) is 0 Å². The zero-order valence-electron chi connectivity index (χ0n) is 12.2. The Morgan fingerprint density at radius 3 is 2.68 bits per heavy atom. The highest BCUT2D eigenvalue weighted by molar-refractivity contribution is 9.10. The van der Waals surface area contributed by atoms with Crippen LogP contribution in [0.25, 0.3) is 0 Å². The molecule has 0 bridgehead atoms. The fraction of sp³-hybridized carbons (Fsp3) is 0.600. The lowest BCUT2D eigenvalue weighted by atomic mass is 9.95. The molecule has 1 N–H and O–H groups in total. The van der Waals surface area contributed by atoms with Gasteiger partial charge in [-0.3, -0.25) is 4.90 Å². The summed E-state index contributed by atoms with van der Waals surface area (Å²) in [5.74, 6) is 0. The number of likely N-dealkylation sites (N-methyl/N-ethyl adjacent to an activating group) is 1. The average molecular weight is 327 g/mol. The van der Waals surface area contributed by atoms with Gasteiger partial charge in [-0.1, -0.05) is 15.9 Å². The molecule has 2 rings (SSSR count). The third kappa shape index (κ3) is 2.96. The molecule has 1 heterocycles. The number of hydrogen-bond acceptors (Lipinski definition) is 3. The van der Waals surface area contributed by atoms with Crippen molar-refractivity contribution in [1.82, 2.24) is 4.90 Å². The highest BCUT2D eigenvalue weighted by atomic mass is 79.9. The van der Waals surface area contributed by atoms with Crippen LogP contribution in [0.1, 0.15) is 19.4 Å². The summed E-state index contributed by atoms with van der Waals surface area (Å²) in [6.45, 7) is 8.63. The van der Waals surface area contributed by atoms with Crippen molar-refractivity contribution in [3.8, 4) is 0 Å². The van der Waals surface area contributed by atoms with Crippen molar-refractivity contribution in [2.75, 3.05) is 31.6 Å². The molecule has 1 saturated heterocycles. The Morgan fingerprint density at radius 2 is 2.11 bits per heavy atom. The Bertz CT molecular complexity index is 461. The Labute approximate surface area is 124 Å². The van der Waals surface area contributed by atoms with Crippen molar-refractivity contribution >= 4 is 21.6 Å². The second-order valence-corrected chi connectivity index (χ2v) is 7.00. The van der Waals surface area contributed by atoms with Gasteiger partial charge >= 0.3 is 0 Å². The number of piperazine rings is 1. The zero-order valence-corrected chi connectivity index (χ0v) is 13.7. The lowest BCUT2D eigenvalue weighted by molar-refractivity contribution is 0.0932. The molecular formula is C15H23BrN2O. The first-order valence-electron chi connectivity index (χ1n) is 6.70. The SMILES string of the molecule is Cc1cc(Br)ccc1N1CC(C)(C)N(C)CC1CO. The molecule has 1 aliphatic heterocycles. The van der Waals surface area contributed by atoms with Crippen molar-refractivity contribution in [2.24, 2.45) is 0 Å².